The molecule has 3 aliphatic rings. The second-order valence-corrected chi connectivity index (χ2v) is 10.1. The lowest BCUT2D eigenvalue weighted by Crippen LogP contribution is -2.49. The predicted molar refractivity (Wildman–Crippen MR) is 130 cm³/mol. The quantitative estimate of drug-likeness (QED) is 0.618. The van der Waals surface area contributed by atoms with Crippen LogP contribution < -0.4 is 10.9 Å². The number of ether oxygens (including phenoxy) is 1. The molecule has 188 valence electrons. The van der Waals surface area contributed by atoms with E-state index in [9.17, 15) is 14.4 Å². The highest BCUT2D eigenvalue weighted by molar-refractivity contribution is 5.96. The third-order valence-electron chi connectivity index (χ3n) is 7.39. The van der Waals surface area contributed by atoms with E-state index in [4.69, 9.17) is 4.74 Å². The summed E-state index contributed by atoms with van der Waals surface area (Å²) in [5.74, 6) is -0.266. The highest BCUT2D eigenvalue weighted by Gasteiger charge is 2.27. The van der Waals surface area contributed by atoms with Crippen LogP contribution in [0, 0.1) is 0 Å². The Hall–Kier alpha value is -2.23. The molecule has 3 amide bonds. The Kier molecular flexibility index (Phi) is 8.39. The Morgan fingerprint density at radius 2 is 1.65 bits per heavy atom. The number of hydrogen-bond acceptors (Lipinski definition) is 6. The molecule has 0 atom stereocenters. The van der Waals surface area contributed by atoms with Crippen molar-refractivity contribution in [2.75, 3.05) is 39.3 Å². The summed E-state index contributed by atoms with van der Waals surface area (Å²) >= 11 is 0. The number of nitrogens with one attached hydrogen (secondary N) is 1. The molecule has 0 radical (unpaired) electrons. The van der Waals surface area contributed by atoms with Gasteiger partial charge in [0.25, 0.3) is 5.56 Å². The lowest BCUT2D eigenvalue weighted by molar-refractivity contribution is -0.121. The summed E-state index contributed by atoms with van der Waals surface area (Å²) in [6.45, 7) is 10.8. The van der Waals surface area contributed by atoms with Gasteiger partial charge in [-0.3, -0.25) is 14.9 Å². The van der Waals surface area contributed by atoms with Crippen molar-refractivity contribution in [3.8, 4) is 0 Å². The number of carbonyl (C=O) groups excluding carboxylic acids is 2. The number of nitrogens with zero attached hydrogens (tertiary/aromatic N) is 4. The minimum atomic E-state index is -0.429. The first-order valence-corrected chi connectivity index (χ1v) is 12.8. The van der Waals surface area contributed by atoms with Gasteiger partial charge in [0.1, 0.15) is 0 Å². The van der Waals surface area contributed by atoms with Gasteiger partial charge in [0.05, 0.1) is 18.8 Å². The van der Waals surface area contributed by atoms with Gasteiger partial charge in [0.2, 0.25) is 5.91 Å². The van der Waals surface area contributed by atoms with Gasteiger partial charge in [-0.2, -0.15) is 0 Å². The maximum Gasteiger partial charge on any atom is 0.324 e. The van der Waals surface area contributed by atoms with Crippen LogP contribution in [0.4, 0.5) is 4.79 Å². The molecule has 1 aromatic rings. The van der Waals surface area contributed by atoms with E-state index in [1.165, 1.54) is 4.90 Å². The SMILES string of the molecule is CC(C)N1CCC(OC2CCN(CCn3cccc(CN4CCC(=O)NC4=O)c3=O)CC2)CC1. The Morgan fingerprint density at radius 3 is 2.29 bits per heavy atom. The monoisotopic (exact) mass is 473 g/mol. The minimum Gasteiger partial charge on any atom is -0.375 e. The summed E-state index contributed by atoms with van der Waals surface area (Å²) in [7, 11) is 0. The van der Waals surface area contributed by atoms with Gasteiger partial charge in [-0.1, -0.05) is 6.07 Å². The molecule has 9 heteroatoms. The van der Waals surface area contributed by atoms with Crippen molar-refractivity contribution >= 4 is 11.9 Å². The van der Waals surface area contributed by atoms with E-state index >= 15 is 0 Å². The molecule has 4 rings (SSSR count). The molecule has 1 N–H and O–H groups in total. The van der Waals surface area contributed by atoms with E-state index in [2.05, 4.69) is 29.0 Å². The lowest BCUT2D eigenvalue weighted by Gasteiger charge is -2.38. The number of amides is 3. The van der Waals surface area contributed by atoms with Crippen molar-refractivity contribution in [2.24, 2.45) is 0 Å². The molecule has 0 aliphatic carbocycles. The number of carbonyl (C=O) groups is 2. The minimum absolute atomic E-state index is 0.0711. The number of urea groups is 1. The maximum atomic E-state index is 12.9. The third-order valence-corrected chi connectivity index (χ3v) is 7.39. The first-order valence-electron chi connectivity index (χ1n) is 12.8. The van der Waals surface area contributed by atoms with Crippen molar-refractivity contribution < 1.29 is 14.3 Å². The van der Waals surface area contributed by atoms with Crippen molar-refractivity contribution in [3.63, 3.8) is 0 Å². The highest BCUT2D eigenvalue weighted by Crippen LogP contribution is 2.22. The fraction of sp³-hybridized carbons (Fsp3) is 0.720. The van der Waals surface area contributed by atoms with Crippen molar-refractivity contribution in [3.05, 3.63) is 34.2 Å². The first-order chi connectivity index (χ1) is 16.4. The van der Waals surface area contributed by atoms with Crippen LogP contribution in [0.5, 0.6) is 0 Å². The number of aromatic nitrogens is 1. The van der Waals surface area contributed by atoms with Crippen LogP contribution >= 0.6 is 0 Å². The van der Waals surface area contributed by atoms with Gasteiger partial charge < -0.3 is 24.0 Å². The predicted octanol–water partition coefficient (Wildman–Crippen LogP) is 1.64. The van der Waals surface area contributed by atoms with Gasteiger partial charge in [-0.15, -0.1) is 0 Å². The number of imide groups is 1. The van der Waals surface area contributed by atoms with E-state index in [0.29, 0.717) is 36.9 Å². The molecule has 0 bridgehead atoms. The molecular weight excluding hydrogens is 434 g/mol. The number of likely N-dealkylation sites (tertiary alicyclic amines) is 2. The molecule has 9 nitrogen and oxygen atoms in total. The molecule has 3 aliphatic heterocycles. The zero-order chi connectivity index (χ0) is 24.1. The summed E-state index contributed by atoms with van der Waals surface area (Å²) in [6.07, 6.45) is 7.17. The van der Waals surface area contributed by atoms with Crippen LogP contribution in [0.15, 0.2) is 23.1 Å². The molecule has 0 spiro atoms. The zero-order valence-electron chi connectivity index (χ0n) is 20.6. The van der Waals surface area contributed by atoms with Crippen LogP contribution in [-0.4, -0.2) is 88.7 Å². The molecule has 3 saturated heterocycles. The molecule has 0 aromatic carbocycles. The number of pyridine rings is 1. The Labute approximate surface area is 202 Å². The van der Waals surface area contributed by atoms with Crippen LogP contribution in [0.1, 0.15) is 51.5 Å². The van der Waals surface area contributed by atoms with E-state index in [0.717, 1.165) is 58.4 Å². The first kappa shape index (κ1) is 24.9. The Morgan fingerprint density at radius 1 is 0.971 bits per heavy atom. The smallest absolute Gasteiger partial charge is 0.324 e. The summed E-state index contributed by atoms with van der Waals surface area (Å²) in [4.78, 5) is 42.7. The van der Waals surface area contributed by atoms with Crippen LogP contribution in [0.3, 0.4) is 0 Å². The summed E-state index contributed by atoms with van der Waals surface area (Å²) in [5, 5.41) is 2.31. The average Bonchev–Trinajstić information content (AvgIpc) is 2.82. The number of hydrogen-bond donors (Lipinski definition) is 1. The fourth-order valence-electron chi connectivity index (χ4n) is 5.16. The Balaban J connectivity index is 1.20. The molecule has 0 unspecified atom stereocenters. The third kappa shape index (κ3) is 6.46. The number of piperidine rings is 2. The summed E-state index contributed by atoms with van der Waals surface area (Å²) in [5.41, 5.74) is 0.501. The zero-order valence-corrected chi connectivity index (χ0v) is 20.6. The van der Waals surface area contributed by atoms with Gasteiger partial charge in [-0.25, -0.2) is 4.79 Å². The second kappa shape index (κ2) is 11.5. The van der Waals surface area contributed by atoms with Crippen LogP contribution in [-0.2, 0) is 22.6 Å². The van der Waals surface area contributed by atoms with E-state index in [1.54, 1.807) is 10.6 Å². The van der Waals surface area contributed by atoms with Gasteiger partial charge >= 0.3 is 6.03 Å². The maximum absolute atomic E-state index is 12.9. The van der Waals surface area contributed by atoms with Crippen LogP contribution in [0.2, 0.25) is 0 Å². The van der Waals surface area contributed by atoms with Crippen molar-refractivity contribution in [1.29, 1.82) is 0 Å². The second-order valence-electron chi connectivity index (χ2n) is 10.1. The molecule has 1 aromatic heterocycles. The van der Waals surface area contributed by atoms with Gasteiger partial charge in [-0.05, 0) is 45.6 Å². The summed E-state index contributed by atoms with van der Waals surface area (Å²) < 4.78 is 8.16. The van der Waals surface area contributed by atoms with E-state index in [-0.39, 0.29) is 24.4 Å². The standard InChI is InChI=1S/C25H39N5O4/c1-19(2)28-13-7-22(8-14-28)34-21-5-11-27(12-6-21)16-17-29-10-3-4-20(24(29)32)18-30-15-9-23(31)26-25(30)33/h3-4,10,19,21-22H,5-9,11-18H2,1-2H3,(H,26,31,33). The Bertz CT molecular complexity index is 901. The average molecular weight is 474 g/mol. The molecule has 4 heterocycles. The lowest BCUT2D eigenvalue weighted by atomic mass is 10.0. The van der Waals surface area contributed by atoms with Gasteiger partial charge in [0, 0.05) is 70.0 Å². The molecule has 3 fully saturated rings. The number of rotatable bonds is 8. The highest BCUT2D eigenvalue weighted by atomic mass is 16.5. The summed E-state index contributed by atoms with van der Waals surface area (Å²) in [6, 6.07) is 3.81. The molecule has 34 heavy (non-hydrogen) atoms. The van der Waals surface area contributed by atoms with E-state index < -0.39 is 6.03 Å². The molecular formula is C25H39N5O4. The normalized spacial score (nSPS) is 21.9. The van der Waals surface area contributed by atoms with Gasteiger partial charge in [0.15, 0.2) is 0 Å². The fourth-order valence-corrected chi connectivity index (χ4v) is 5.16. The molecule has 0 saturated carbocycles. The van der Waals surface area contributed by atoms with E-state index in [1.807, 2.05) is 12.3 Å². The van der Waals surface area contributed by atoms with Crippen molar-refractivity contribution in [2.45, 2.75) is 77.3 Å². The van der Waals surface area contributed by atoms with Crippen molar-refractivity contribution in [1.82, 2.24) is 24.6 Å². The topological polar surface area (TPSA) is 87.1 Å². The largest absolute Gasteiger partial charge is 0.375 e. The van der Waals surface area contributed by atoms with Crippen LogP contribution in [0.25, 0.3) is 0 Å².